The van der Waals surface area contributed by atoms with Crippen molar-refractivity contribution in [1.29, 1.82) is 0 Å². The maximum atomic E-state index is 12.3. The lowest BCUT2D eigenvalue weighted by Crippen LogP contribution is -2.33. The summed E-state index contributed by atoms with van der Waals surface area (Å²) < 4.78 is 1.70. The topological polar surface area (TPSA) is 118 Å². The lowest BCUT2D eigenvalue weighted by Gasteiger charge is -2.12. The smallest absolute Gasteiger partial charge is 0.264 e. The van der Waals surface area contributed by atoms with Gasteiger partial charge in [0.1, 0.15) is 17.6 Å². The standard InChI is InChI=1S/C14H15N7O2S/c1-7(12-20-16-6-21(12)3)17-13(22)9-4-15-11(19-14(9)23)10-5-24-8(2)18-10/h4-7H,1-3H3,(H,17,22)(H,15,19,23)/t7-/m1/s1. The van der Waals surface area contributed by atoms with E-state index in [0.29, 0.717) is 17.3 Å². The first-order valence-corrected chi connectivity index (χ1v) is 8.00. The van der Waals surface area contributed by atoms with Gasteiger partial charge in [0, 0.05) is 18.6 Å². The number of thiazole rings is 1. The van der Waals surface area contributed by atoms with Gasteiger partial charge in [-0.2, -0.15) is 0 Å². The van der Waals surface area contributed by atoms with Crippen molar-refractivity contribution in [3.8, 4) is 11.5 Å². The molecule has 3 aromatic rings. The van der Waals surface area contributed by atoms with E-state index in [4.69, 9.17) is 0 Å². The summed E-state index contributed by atoms with van der Waals surface area (Å²) >= 11 is 1.46. The second-order valence-corrected chi connectivity index (χ2v) is 6.28. The van der Waals surface area contributed by atoms with E-state index in [1.54, 1.807) is 23.9 Å². The predicted octanol–water partition coefficient (Wildman–Crippen LogP) is 0.821. The molecule has 24 heavy (non-hydrogen) atoms. The molecule has 0 aliphatic rings. The van der Waals surface area contributed by atoms with Gasteiger partial charge in [-0.15, -0.1) is 21.5 Å². The zero-order valence-electron chi connectivity index (χ0n) is 13.3. The fourth-order valence-corrected chi connectivity index (χ4v) is 2.78. The first-order chi connectivity index (χ1) is 11.5. The molecule has 0 aromatic carbocycles. The van der Waals surface area contributed by atoms with E-state index in [2.05, 4.69) is 30.5 Å². The molecule has 3 aromatic heterocycles. The van der Waals surface area contributed by atoms with Crippen LogP contribution in [-0.2, 0) is 7.05 Å². The van der Waals surface area contributed by atoms with Gasteiger partial charge in [0.25, 0.3) is 11.5 Å². The Morgan fingerprint density at radius 1 is 1.46 bits per heavy atom. The van der Waals surface area contributed by atoms with E-state index in [9.17, 15) is 9.59 Å². The van der Waals surface area contributed by atoms with Gasteiger partial charge < -0.3 is 14.9 Å². The normalized spacial score (nSPS) is 12.1. The maximum Gasteiger partial charge on any atom is 0.264 e. The molecule has 3 heterocycles. The van der Waals surface area contributed by atoms with Crippen molar-refractivity contribution in [3.05, 3.63) is 44.7 Å². The van der Waals surface area contributed by atoms with Gasteiger partial charge in [-0.25, -0.2) is 9.97 Å². The summed E-state index contributed by atoms with van der Waals surface area (Å²) in [6, 6.07) is -0.398. The summed E-state index contributed by atoms with van der Waals surface area (Å²) in [5.41, 5.74) is -0.0120. The molecule has 0 fully saturated rings. The van der Waals surface area contributed by atoms with Crippen LogP contribution >= 0.6 is 11.3 Å². The summed E-state index contributed by atoms with van der Waals surface area (Å²) in [5, 5.41) is 13.1. The van der Waals surface area contributed by atoms with Crippen LogP contribution in [0.2, 0.25) is 0 Å². The molecule has 124 valence electrons. The van der Waals surface area contributed by atoms with Gasteiger partial charge in [-0.3, -0.25) is 9.59 Å². The molecule has 0 unspecified atom stereocenters. The van der Waals surface area contributed by atoms with Gasteiger partial charge in [0.05, 0.1) is 11.0 Å². The zero-order chi connectivity index (χ0) is 17.3. The quantitative estimate of drug-likeness (QED) is 0.723. The van der Waals surface area contributed by atoms with Crippen molar-refractivity contribution in [2.45, 2.75) is 19.9 Å². The Morgan fingerprint density at radius 3 is 2.83 bits per heavy atom. The van der Waals surface area contributed by atoms with Crippen LogP contribution in [0, 0.1) is 6.92 Å². The Labute approximate surface area is 140 Å². The van der Waals surface area contributed by atoms with E-state index in [1.807, 2.05) is 6.92 Å². The molecule has 0 saturated carbocycles. The molecule has 3 rings (SSSR count). The Hall–Kier alpha value is -2.88. The van der Waals surface area contributed by atoms with Crippen LogP contribution in [0.1, 0.15) is 34.2 Å². The molecule has 0 radical (unpaired) electrons. The van der Waals surface area contributed by atoms with Gasteiger partial charge >= 0.3 is 0 Å². The maximum absolute atomic E-state index is 12.3. The number of carbonyl (C=O) groups excluding carboxylic acids is 1. The SMILES string of the molecule is Cc1nc(-c2ncc(C(=O)N[C@H](C)c3nncn3C)c(=O)[nH]2)cs1. The third-order valence-corrected chi connectivity index (χ3v) is 4.16. The fraction of sp³-hybridized carbons (Fsp3) is 0.286. The minimum Gasteiger partial charge on any atom is -0.342 e. The van der Waals surface area contributed by atoms with Crippen LogP contribution in [0.15, 0.2) is 22.7 Å². The number of rotatable bonds is 4. The molecular weight excluding hydrogens is 330 g/mol. The van der Waals surface area contributed by atoms with Crippen molar-refractivity contribution < 1.29 is 4.79 Å². The highest BCUT2D eigenvalue weighted by molar-refractivity contribution is 7.09. The van der Waals surface area contributed by atoms with Crippen molar-refractivity contribution in [1.82, 2.24) is 35.0 Å². The average Bonchev–Trinajstić information content (AvgIpc) is 3.15. The lowest BCUT2D eigenvalue weighted by molar-refractivity contribution is 0.0936. The van der Waals surface area contributed by atoms with Crippen LogP contribution in [-0.4, -0.2) is 35.6 Å². The number of aromatic amines is 1. The molecule has 10 heteroatoms. The second kappa shape index (κ2) is 6.32. The summed E-state index contributed by atoms with van der Waals surface area (Å²) in [6.45, 7) is 3.62. The number of hydrogen-bond acceptors (Lipinski definition) is 7. The molecule has 2 N–H and O–H groups in total. The summed E-state index contributed by atoms with van der Waals surface area (Å²) in [6.07, 6.45) is 2.79. The molecule has 1 amide bonds. The van der Waals surface area contributed by atoms with Crippen molar-refractivity contribution in [3.63, 3.8) is 0 Å². The third kappa shape index (κ3) is 3.08. The van der Waals surface area contributed by atoms with E-state index in [0.717, 1.165) is 5.01 Å². The number of aromatic nitrogens is 6. The summed E-state index contributed by atoms with van der Waals surface area (Å²) in [5.74, 6) is 0.393. The lowest BCUT2D eigenvalue weighted by atomic mass is 10.2. The Morgan fingerprint density at radius 2 is 2.25 bits per heavy atom. The van der Waals surface area contributed by atoms with Crippen LogP contribution < -0.4 is 10.9 Å². The Bertz CT molecular complexity index is 943. The van der Waals surface area contributed by atoms with Crippen molar-refractivity contribution in [2.75, 3.05) is 0 Å². The number of nitrogens with zero attached hydrogens (tertiary/aromatic N) is 5. The average molecular weight is 345 g/mol. The Balaban J connectivity index is 1.81. The van der Waals surface area contributed by atoms with Gasteiger partial charge in [0.15, 0.2) is 11.6 Å². The van der Waals surface area contributed by atoms with Crippen LogP contribution in [0.3, 0.4) is 0 Å². The molecule has 0 saturated heterocycles. The number of aryl methyl sites for hydroxylation is 2. The first kappa shape index (κ1) is 16.0. The predicted molar refractivity (Wildman–Crippen MR) is 87.6 cm³/mol. The zero-order valence-corrected chi connectivity index (χ0v) is 14.1. The highest BCUT2D eigenvalue weighted by Gasteiger charge is 2.18. The van der Waals surface area contributed by atoms with Crippen LogP contribution in [0.5, 0.6) is 0 Å². The highest BCUT2D eigenvalue weighted by atomic mass is 32.1. The van der Waals surface area contributed by atoms with E-state index < -0.39 is 17.5 Å². The molecule has 0 aliphatic heterocycles. The summed E-state index contributed by atoms with van der Waals surface area (Å²) in [4.78, 5) is 35.4. The van der Waals surface area contributed by atoms with Crippen molar-refractivity contribution >= 4 is 17.2 Å². The summed E-state index contributed by atoms with van der Waals surface area (Å²) in [7, 11) is 1.77. The first-order valence-electron chi connectivity index (χ1n) is 7.12. The number of amides is 1. The van der Waals surface area contributed by atoms with Crippen molar-refractivity contribution in [2.24, 2.45) is 7.05 Å². The third-order valence-electron chi connectivity index (χ3n) is 3.39. The molecule has 9 nitrogen and oxygen atoms in total. The molecule has 0 spiro atoms. The van der Waals surface area contributed by atoms with E-state index in [-0.39, 0.29) is 5.56 Å². The number of carbonyl (C=O) groups is 1. The van der Waals surface area contributed by atoms with Crippen LogP contribution in [0.25, 0.3) is 11.5 Å². The van der Waals surface area contributed by atoms with E-state index >= 15 is 0 Å². The number of nitrogens with one attached hydrogen (secondary N) is 2. The second-order valence-electron chi connectivity index (χ2n) is 5.22. The molecule has 0 aliphatic carbocycles. The monoisotopic (exact) mass is 345 g/mol. The number of H-pyrrole nitrogens is 1. The number of hydrogen-bond donors (Lipinski definition) is 2. The molecule has 1 atom stereocenters. The largest absolute Gasteiger partial charge is 0.342 e. The van der Waals surface area contributed by atoms with Crippen LogP contribution in [0.4, 0.5) is 0 Å². The minimum atomic E-state index is -0.528. The Kier molecular flexibility index (Phi) is 4.21. The van der Waals surface area contributed by atoms with Gasteiger partial charge in [0.2, 0.25) is 0 Å². The highest BCUT2D eigenvalue weighted by Crippen LogP contribution is 2.16. The van der Waals surface area contributed by atoms with Gasteiger partial charge in [-0.1, -0.05) is 0 Å². The fourth-order valence-electron chi connectivity index (χ4n) is 2.18. The minimum absolute atomic E-state index is 0.0697. The molecule has 0 bridgehead atoms. The molecular formula is C14H15N7O2S. The van der Waals surface area contributed by atoms with E-state index in [1.165, 1.54) is 23.9 Å². The van der Waals surface area contributed by atoms with Gasteiger partial charge in [-0.05, 0) is 13.8 Å².